The number of nitrogens with zero attached hydrogens (tertiary/aromatic N) is 3. The van der Waals surface area contributed by atoms with Crippen LogP contribution >= 0.6 is 0 Å². The van der Waals surface area contributed by atoms with Crippen molar-refractivity contribution < 1.29 is 19.5 Å². The maximum Gasteiger partial charge on any atom is 0.321 e. The highest BCUT2D eigenvalue weighted by Gasteiger charge is 2.38. The number of aromatic nitrogens is 1. The van der Waals surface area contributed by atoms with E-state index in [0.717, 1.165) is 5.69 Å². The van der Waals surface area contributed by atoms with Crippen LogP contribution in [-0.4, -0.2) is 59.9 Å². The van der Waals surface area contributed by atoms with Gasteiger partial charge in [-0.1, -0.05) is 50.6 Å². The largest absolute Gasteiger partial charge is 0.395 e. The van der Waals surface area contributed by atoms with E-state index in [2.05, 4.69) is 25.9 Å². The number of benzene rings is 2. The fraction of sp³-hybridized carbons (Fsp3) is 0.300. The summed E-state index contributed by atoms with van der Waals surface area (Å²) in [7, 11) is 1.77. The molecule has 10 nitrogen and oxygen atoms in total. The first-order valence-electron chi connectivity index (χ1n) is 13.2. The second kappa shape index (κ2) is 12.5. The van der Waals surface area contributed by atoms with E-state index in [1.165, 1.54) is 4.90 Å². The Hall–Kier alpha value is -4.57. The number of carbonyl (C=O) groups is 3. The second-order valence-electron chi connectivity index (χ2n) is 9.86. The van der Waals surface area contributed by atoms with E-state index in [9.17, 15) is 19.5 Å². The minimum Gasteiger partial charge on any atom is -0.395 e. The van der Waals surface area contributed by atoms with Crippen LogP contribution in [0.1, 0.15) is 37.9 Å². The smallest absolute Gasteiger partial charge is 0.321 e. The number of amides is 3. The van der Waals surface area contributed by atoms with Crippen LogP contribution in [0.4, 0.5) is 21.9 Å². The maximum atomic E-state index is 14.0. The molecule has 1 aliphatic rings. The van der Waals surface area contributed by atoms with Gasteiger partial charge in [0.25, 0.3) is 5.91 Å². The number of aliphatic hydroxyl groups is 1. The summed E-state index contributed by atoms with van der Waals surface area (Å²) >= 11 is 0. The first kappa shape index (κ1) is 28.4. The minimum absolute atomic E-state index is 0.284. The second-order valence-corrected chi connectivity index (χ2v) is 9.86. The number of urea groups is 1. The number of nitrogens with one attached hydrogen (secondary N) is 3. The van der Waals surface area contributed by atoms with E-state index in [1.54, 1.807) is 68.7 Å². The number of hydrogen-bond donors (Lipinski definition) is 4. The Morgan fingerprint density at radius 1 is 1.05 bits per heavy atom. The molecule has 1 aliphatic heterocycles. The van der Waals surface area contributed by atoms with E-state index in [1.807, 2.05) is 25.1 Å². The summed E-state index contributed by atoms with van der Waals surface area (Å²) in [5.74, 6) is -0.865. The van der Waals surface area contributed by atoms with Crippen molar-refractivity contribution in [3.63, 3.8) is 0 Å². The molecule has 208 valence electrons. The summed E-state index contributed by atoms with van der Waals surface area (Å²) in [6.07, 6.45) is 1.43. The van der Waals surface area contributed by atoms with E-state index in [4.69, 9.17) is 0 Å². The molecule has 0 radical (unpaired) electrons. The van der Waals surface area contributed by atoms with Gasteiger partial charge in [0, 0.05) is 30.2 Å². The lowest BCUT2D eigenvalue weighted by atomic mass is 9.81. The standard InChI is InChI=1S/C30H34N6O4/c1-4-15-30(2,19-37)25(38)18-36-24-14-6-5-12-22(24)26(23-13-7-8-16-32-23)34-27(28(36)39)35-29(40)33-21-11-9-10-20(17-21)31-3/h5-14,16-17,27,31,37H,4,15,18-19H2,1-3H3,(H2,33,35,40)/t27-,30?/m0/s1. The highest BCUT2D eigenvalue weighted by Crippen LogP contribution is 2.30. The van der Waals surface area contributed by atoms with Crippen molar-refractivity contribution in [2.24, 2.45) is 10.4 Å². The number of pyridine rings is 1. The molecular weight excluding hydrogens is 508 g/mol. The van der Waals surface area contributed by atoms with Crippen molar-refractivity contribution in [2.75, 3.05) is 35.7 Å². The topological polar surface area (TPSA) is 136 Å². The Labute approximate surface area is 233 Å². The number of benzodiazepines with no additional fused rings is 1. The van der Waals surface area contributed by atoms with Crippen LogP contribution < -0.4 is 20.9 Å². The van der Waals surface area contributed by atoms with E-state index in [0.29, 0.717) is 41.2 Å². The number of para-hydroxylation sites is 1. The number of carbonyl (C=O) groups excluding carboxylic acids is 3. The summed E-state index contributed by atoms with van der Waals surface area (Å²) in [5, 5.41) is 18.5. The number of Topliss-reactive ketones (excluding diaryl/α,β-unsaturated/α-hetero) is 1. The highest BCUT2D eigenvalue weighted by atomic mass is 16.3. The van der Waals surface area contributed by atoms with Gasteiger partial charge in [0.05, 0.1) is 35.7 Å². The van der Waals surface area contributed by atoms with Crippen molar-refractivity contribution in [3.8, 4) is 0 Å². The lowest BCUT2D eigenvalue weighted by Crippen LogP contribution is -2.51. The quantitative estimate of drug-likeness (QED) is 0.308. The molecule has 1 unspecified atom stereocenters. The number of aliphatic imine (C=N–C) groups is 1. The number of aliphatic hydroxyl groups excluding tert-OH is 1. The summed E-state index contributed by atoms with van der Waals surface area (Å²) in [6, 6.07) is 18.9. The average molecular weight is 543 g/mol. The molecular formula is C30H34N6O4. The monoisotopic (exact) mass is 542 g/mol. The number of anilines is 3. The summed E-state index contributed by atoms with van der Waals surface area (Å²) in [6.45, 7) is 3.01. The molecule has 3 aromatic rings. The molecule has 0 saturated heterocycles. The van der Waals surface area contributed by atoms with Gasteiger partial charge in [-0.05, 0) is 42.8 Å². The third kappa shape index (κ3) is 6.18. The molecule has 2 aromatic carbocycles. The van der Waals surface area contributed by atoms with Gasteiger partial charge in [-0.25, -0.2) is 9.79 Å². The lowest BCUT2D eigenvalue weighted by molar-refractivity contribution is -0.131. The number of hydrogen-bond acceptors (Lipinski definition) is 7. The van der Waals surface area contributed by atoms with Crippen LogP contribution in [0.15, 0.2) is 77.9 Å². The molecule has 2 heterocycles. The van der Waals surface area contributed by atoms with Crippen LogP contribution in [0, 0.1) is 5.41 Å². The molecule has 40 heavy (non-hydrogen) atoms. The van der Waals surface area contributed by atoms with E-state index < -0.39 is 23.5 Å². The summed E-state index contributed by atoms with van der Waals surface area (Å²) < 4.78 is 0. The molecule has 1 aromatic heterocycles. The third-order valence-electron chi connectivity index (χ3n) is 6.92. The van der Waals surface area contributed by atoms with Crippen molar-refractivity contribution in [3.05, 3.63) is 84.2 Å². The van der Waals surface area contributed by atoms with Crippen LogP contribution in [0.25, 0.3) is 0 Å². The van der Waals surface area contributed by atoms with Crippen LogP contribution in [0.2, 0.25) is 0 Å². The summed E-state index contributed by atoms with van der Waals surface area (Å²) in [4.78, 5) is 51.0. The molecule has 4 rings (SSSR count). The number of ketones is 1. The number of fused-ring (bicyclic) bond motifs is 1. The molecule has 0 saturated carbocycles. The SMILES string of the molecule is CCCC(C)(CO)C(=O)CN1C(=O)[C@H](NC(=O)Nc2cccc(NC)c2)N=C(c2ccccn2)c2ccccc21. The molecule has 0 spiro atoms. The first-order chi connectivity index (χ1) is 19.3. The average Bonchev–Trinajstić information content (AvgIpc) is 3.08. The molecule has 2 atom stereocenters. The number of rotatable bonds is 10. The first-order valence-corrected chi connectivity index (χ1v) is 13.2. The zero-order chi connectivity index (χ0) is 28.7. The van der Waals surface area contributed by atoms with Gasteiger partial charge in [-0.2, -0.15) is 0 Å². The lowest BCUT2D eigenvalue weighted by Gasteiger charge is -2.30. The van der Waals surface area contributed by atoms with Gasteiger partial charge in [-0.3, -0.25) is 14.6 Å². The van der Waals surface area contributed by atoms with Gasteiger partial charge < -0.3 is 26.0 Å². The Morgan fingerprint density at radius 2 is 1.80 bits per heavy atom. The molecule has 0 fully saturated rings. The highest BCUT2D eigenvalue weighted by molar-refractivity contribution is 6.20. The Bertz CT molecular complexity index is 1410. The molecule has 0 bridgehead atoms. The molecule has 4 N–H and O–H groups in total. The third-order valence-corrected chi connectivity index (χ3v) is 6.92. The Morgan fingerprint density at radius 3 is 2.50 bits per heavy atom. The molecule has 3 amide bonds. The molecule has 0 aliphatic carbocycles. The normalized spacial score (nSPS) is 16.2. The predicted molar refractivity (Wildman–Crippen MR) is 156 cm³/mol. The van der Waals surface area contributed by atoms with E-state index >= 15 is 0 Å². The van der Waals surface area contributed by atoms with Gasteiger partial charge in [-0.15, -0.1) is 0 Å². The Kier molecular flexibility index (Phi) is 8.90. The van der Waals surface area contributed by atoms with Crippen molar-refractivity contribution >= 4 is 40.5 Å². The fourth-order valence-corrected chi connectivity index (χ4v) is 4.63. The maximum absolute atomic E-state index is 14.0. The van der Waals surface area contributed by atoms with E-state index in [-0.39, 0.29) is 18.9 Å². The minimum atomic E-state index is -1.35. The zero-order valence-electron chi connectivity index (χ0n) is 22.8. The van der Waals surface area contributed by atoms with Gasteiger partial charge in [0.15, 0.2) is 5.78 Å². The predicted octanol–water partition coefficient (Wildman–Crippen LogP) is 3.82. The molecule has 10 heteroatoms. The zero-order valence-corrected chi connectivity index (χ0v) is 22.8. The van der Waals surface area contributed by atoms with Crippen molar-refractivity contribution in [1.29, 1.82) is 0 Å². The van der Waals surface area contributed by atoms with Gasteiger partial charge in [0.2, 0.25) is 6.17 Å². The van der Waals surface area contributed by atoms with Crippen molar-refractivity contribution in [2.45, 2.75) is 32.9 Å². The van der Waals surface area contributed by atoms with Crippen LogP contribution in [0.3, 0.4) is 0 Å². The fourth-order valence-electron chi connectivity index (χ4n) is 4.63. The van der Waals surface area contributed by atoms with Crippen molar-refractivity contribution in [1.82, 2.24) is 10.3 Å². The van der Waals surface area contributed by atoms with Gasteiger partial charge in [0.1, 0.15) is 0 Å². The Balaban J connectivity index is 1.74. The summed E-state index contributed by atoms with van der Waals surface area (Å²) in [5.41, 5.74) is 2.28. The van der Waals surface area contributed by atoms with Gasteiger partial charge >= 0.3 is 6.03 Å². The van der Waals surface area contributed by atoms with Crippen LogP contribution in [-0.2, 0) is 9.59 Å². The van der Waals surface area contributed by atoms with Crippen LogP contribution in [0.5, 0.6) is 0 Å².